The van der Waals surface area contributed by atoms with Gasteiger partial charge in [-0.1, -0.05) is 13.8 Å². The number of nitrogens with one attached hydrogen (secondary N) is 2. The Hall–Kier alpha value is -0.660. The van der Waals surface area contributed by atoms with E-state index >= 15 is 0 Å². The van der Waals surface area contributed by atoms with E-state index < -0.39 is 22.1 Å². The van der Waals surface area contributed by atoms with Crippen molar-refractivity contribution in [2.45, 2.75) is 32.7 Å². The van der Waals surface area contributed by atoms with Gasteiger partial charge < -0.3 is 5.11 Å². The molecule has 1 aliphatic rings. The van der Waals surface area contributed by atoms with Gasteiger partial charge in [0.25, 0.3) is 10.2 Å². The first-order valence-electron chi connectivity index (χ1n) is 5.31. The van der Waals surface area contributed by atoms with Gasteiger partial charge in [-0.15, -0.1) is 0 Å². The Kier molecular flexibility index (Phi) is 4.28. The van der Waals surface area contributed by atoms with Gasteiger partial charge in [-0.25, -0.2) is 4.72 Å². The van der Waals surface area contributed by atoms with Crippen LogP contribution in [0.25, 0.3) is 0 Å². The Bertz CT molecular complexity index is 349. The third-order valence-corrected chi connectivity index (χ3v) is 3.70. The van der Waals surface area contributed by atoms with E-state index in [1.807, 2.05) is 0 Å². The first-order valence-corrected chi connectivity index (χ1v) is 6.80. The van der Waals surface area contributed by atoms with Crippen LogP contribution in [0.3, 0.4) is 0 Å². The van der Waals surface area contributed by atoms with Gasteiger partial charge in [0.1, 0.15) is 0 Å². The molecule has 1 fully saturated rings. The number of hydrogen-bond acceptors (Lipinski definition) is 3. The predicted molar refractivity (Wildman–Crippen MR) is 59.0 cm³/mol. The third-order valence-electron chi connectivity index (χ3n) is 2.51. The molecule has 0 saturated heterocycles. The number of carboxylic acids is 1. The second-order valence-electron chi connectivity index (χ2n) is 4.43. The highest BCUT2D eigenvalue weighted by molar-refractivity contribution is 7.87. The van der Waals surface area contributed by atoms with E-state index in [2.05, 4.69) is 9.44 Å². The number of carboxylic acid groups (broad SMARTS) is 1. The Morgan fingerprint density at radius 3 is 2.38 bits per heavy atom. The molecule has 3 N–H and O–H groups in total. The van der Waals surface area contributed by atoms with Crippen molar-refractivity contribution in [2.24, 2.45) is 11.8 Å². The molecule has 0 aromatic heterocycles. The van der Waals surface area contributed by atoms with Gasteiger partial charge >= 0.3 is 5.97 Å². The number of hydrogen-bond donors (Lipinski definition) is 3. The van der Waals surface area contributed by atoms with E-state index in [-0.39, 0.29) is 18.5 Å². The van der Waals surface area contributed by atoms with Crippen LogP contribution in [0, 0.1) is 11.8 Å². The SMILES string of the molecule is CC(C)C(CNS(=O)(=O)NC1CC1)C(=O)O. The number of aliphatic carboxylic acids is 1. The average Bonchev–Trinajstić information content (AvgIpc) is 2.85. The topological polar surface area (TPSA) is 95.5 Å². The van der Waals surface area contributed by atoms with E-state index in [1.165, 1.54) is 0 Å². The molecule has 1 unspecified atom stereocenters. The van der Waals surface area contributed by atoms with Crippen LogP contribution in [-0.2, 0) is 15.0 Å². The number of carbonyl (C=O) groups is 1. The van der Waals surface area contributed by atoms with Crippen LogP contribution in [0.5, 0.6) is 0 Å². The highest BCUT2D eigenvalue weighted by Gasteiger charge is 2.28. The summed E-state index contributed by atoms with van der Waals surface area (Å²) in [4.78, 5) is 10.8. The van der Waals surface area contributed by atoms with Gasteiger partial charge in [0.05, 0.1) is 5.92 Å². The highest BCUT2D eigenvalue weighted by Crippen LogP contribution is 2.19. The lowest BCUT2D eigenvalue weighted by Gasteiger charge is -2.16. The summed E-state index contributed by atoms with van der Waals surface area (Å²) < 4.78 is 27.5. The van der Waals surface area contributed by atoms with E-state index in [0.29, 0.717) is 0 Å². The van der Waals surface area contributed by atoms with Crippen molar-refractivity contribution in [3.05, 3.63) is 0 Å². The molecule has 16 heavy (non-hydrogen) atoms. The molecule has 0 amide bonds. The van der Waals surface area contributed by atoms with Crippen LogP contribution in [0.2, 0.25) is 0 Å². The summed E-state index contributed by atoms with van der Waals surface area (Å²) in [5.41, 5.74) is 0. The lowest BCUT2D eigenvalue weighted by molar-refractivity contribution is -0.142. The maximum Gasteiger partial charge on any atom is 0.308 e. The van der Waals surface area contributed by atoms with Gasteiger partial charge in [0.15, 0.2) is 0 Å². The van der Waals surface area contributed by atoms with Crippen molar-refractivity contribution < 1.29 is 18.3 Å². The molecule has 0 aromatic carbocycles. The van der Waals surface area contributed by atoms with E-state index in [1.54, 1.807) is 13.8 Å². The monoisotopic (exact) mass is 250 g/mol. The van der Waals surface area contributed by atoms with Gasteiger partial charge in [-0.2, -0.15) is 13.1 Å². The molecule has 7 heteroatoms. The summed E-state index contributed by atoms with van der Waals surface area (Å²) in [6, 6.07) is 0.0276. The van der Waals surface area contributed by atoms with E-state index in [9.17, 15) is 13.2 Å². The van der Waals surface area contributed by atoms with Gasteiger partial charge in [0.2, 0.25) is 0 Å². The average molecular weight is 250 g/mol. The second kappa shape index (κ2) is 5.11. The Morgan fingerprint density at radius 1 is 1.44 bits per heavy atom. The summed E-state index contributed by atoms with van der Waals surface area (Å²) in [5, 5.41) is 8.88. The second-order valence-corrected chi connectivity index (χ2v) is 5.96. The lowest BCUT2D eigenvalue weighted by Crippen LogP contribution is -2.42. The fraction of sp³-hybridized carbons (Fsp3) is 0.889. The third kappa shape index (κ3) is 4.46. The lowest BCUT2D eigenvalue weighted by atomic mass is 9.97. The molecule has 1 aliphatic carbocycles. The molecule has 0 aromatic rings. The molecule has 0 heterocycles. The van der Waals surface area contributed by atoms with Crippen LogP contribution in [0.1, 0.15) is 26.7 Å². The predicted octanol–water partition coefficient (Wildman–Crippen LogP) is -0.0704. The molecular weight excluding hydrogens is 232 g/mol. The quantitative estimate of drug-likeness (QED) is 0.589. The normalized spacial score (nSPS) is 18.7. The minimum atomic E-state index is -3.54. The zero-order valence-corrected chi connectivity index (χ0v) is 10.3. The minimum Gasteiger partial charge on any atom is -0.481 e. The van der Waals surface area contributed by atoms with Gasteiger partial charge in [0, 0.05) is 12.6 Å². The van der Waals surface area contributed by atoms with Crippen molar-refractivity contribution in [1.82, 2.24) is 9.44 Å². The summed E-state index contributed by atoms with van der Waals surface area (Å²) in [6.45, 7) is 3.43. The molecule has 0 spiro atoms. The van der Waals surface area contributed by atoms with Crippen molar-refractivity contribution >= 4 is 16.2 Å². The van der Waals surface area contributed by atoms with E-state index in [4.69, 9.17) is 5.11 Å². The Labute approximate surface area is 95.6 Å². The van der Waals surface area contributed by atoms with Crippen molar-refractivity contribution in [3.8, 4) is 0 Å². The maximum absolute atomic E-state index is 11.4. The molecule has 6 nitrogen and oxygen atoms in total. The van der Waals surface area contributed by atoms with Crippen LogP contribution in [-0.4, -0.2) is 32.1 Å². The maximum atomic E-state index is 11.4. The minimum absolute atomic E-state index is 0.0276. The largest absolute Gasteiger partial charge is 0.481 e. The molecular formula is C9H18N2O4S. The Morgan fingerprint density at radius 2 is 2.00 bits per heavy atom. The van der Waals surface area contributed by atoms with Crippen LogP contribution >= 0.6 is 0 Å². The smallest absolute Gasteiger partial charge is 0.308 e. The van der Waals surface area contributed by atoms with E-state index in [0.717, 1.165) is 12.8 Å². The number of rotatable bonds is 7. The molecule has 1 atom stereocenters. The fourth-order valence-electron chi connectivity index (χ4n) is 1.27. The van der Waals surface area contributed by atoms with Crippen LogP contribution in [0.15, 0.2) is 0 Å². The van der Waals surface area contributed by atoms with Crippen molar-refractivity contribution in [2.75, 3.05) is 6.54 Å². The zero-order chi connectivity index (χ0) is 12.3. The summed E-state index contributed by atoms with van der Waals surface area (Å²) in [6.07, 6.45) is 1.71. The van der Waals surface area contributed by atoms with Crippen molar-refractivity contribution in [1.29, 1.82) is 0 Å². The molecule has 0 radical (unpaired) electrons. The van der Waals surface area contributed by atoms with Crippen molar-refractivity contribution in [3.63, 3.8) is 0 Å². The van der Waals surface area contributed by atoms with Crippen LogP contribution in [0.4, 0.5) is 0 Å². The molecule has 94 valence electrons. The first-order chi connectivity index (χ1) is 7.32. The fourth-order valence-corrected chi connectivity index (χ4v) is 2.43. The Balaban J connectivity index is 2.44. The standard InChI is InChI=1S/C9H18N2O4S/c1-6(2)8(9(12)13)5-10-16(14,15)11-7-3-4-7/h6-8,10-11H,3-5H2,1-2H3,(H,12,13). The summed E-state index contributed by atoms with van der Waals surface area (Å²) >= 11 is 0. The summed E-state index contributed by atoms with van der Waals surface area (Å²) in [5.74, 6) is -1.79. The van der Waals surface area contributed by atoms with Gasteiger partial charge in [-0.3, -0.25) is 4.79 Å². The zero-order valence-electron chi connectivity index (χ0n) is 9.43. The molecule has 0 bridgehead atoms. The van der Waals surface area contributed by atoms with Crippen LogP contribution < -0.4 is 9.44 Å². The highest BCUT2D eigenvalue weighted by atomic mass is 32.2. The summed E-state index contributed by atoms with van der Waals surface area (Å²) in [7, 11) is -3.54. The molecule has 0 aliphatic heterocycles. The first kappa shape index (κ1) is 13.4. The van der Waals surface area contributed by atoms with Gasteiger partial charge in [-0.05, 0) is 18.8 Å². The molecule has 1 rings (SSSR count). The molecule has 1 saturated carbocycles.